The fraction of sp³-hybridized carbons (Fsp3) is 1.00. The second-order valence-corrected chi connectivity index (χ2v) is 4.28. The number of nitrogens with zero attached hydrogens (tertiary/aromatic N) is 3. The highest BCUT2D eigenvalue weighted by atomic mass is 16.8. The lowest BCUT2D eigenvalue weighted by Crippen LogP contribution is -2.24. The molecule has 2 aliphatic heterocycles. The van der Waals surface area contributed by atoms with Crippen molar-refractivity contribution in [3.05, 3.63) is 10.4 Å². The summed E-state index contributed by atoms with van der Waals surface area (Å²) in [5.74, 6) is -0.537. The van der Waals surface area contributed by atoms with Crippen molar-refractivity contribution in [3.8, 4) is 0 Å². The quantitative estimate of drug-likeness (QED) is 0.408. The lowest BCUT2D eigenvalue weighted by molar-refractivity contribution is -0.204. The van der Waals surface area contributed by atoms with Crippen LogP contribution in [0.5, 0.6) is 0 Å². The van der Waals surface area contributed by atoms with Crippen LogP contribution in [-0.4, -0.2) is 30.8 Å². The second kappa shape index (κ2) is 3.98. The fourth-order valence-corrected chi connectivity index (χ4v) is 2.01. The number of hydrogen-bond donors (Lipinski definition) is 0. The molecule has 6 heteroatoms. The van der Waals surface area contributed by atoms with Gasteiger partial charge in [-0.2, -0.15) is 0 Å². The molecule has 2 rings (SSSR count). The molecular formula is C9H15N3O3. The Labute approximate surface area is 88.1 Å². The molecule has 0 aromatic heterocycles. The Morgan fingerprint density at radius 3 is 2.93 bits per heavy atom. The summed E-state index contributed by atoms with van der Waals surface area (Å²) < 4.78 is 16.9. The van der Waals surface area contributed by atoms with E-state index in [2.05, 4.69) is 10.0 Å². The van der Waals surface area contributed by atoms with Crippen LogP contribution in [0.2, 0.25) is 0 Å². The first-order valence-electron chi connectivity index (χ1n) is 5.13. The normalized spacial score (nSPS) is 37.3. The number of fused-ring (bicyclic) bond motifs is 1. The molecule has 0 saturated carbocycles. The van der Waals surface area contributed by atoms with E-state index in [9.17, 15) is 0 Å². The summed E-state index contributed by atoms with van der Waals surface area (Å²) in [4.78, 5) is 2.70. The van der Waals surface area contributed by atoms with Crippen molar-refractivity contribution in [2.75, 3.05) is 6.54 Å². The van der Waals surface area contributed by atoms with Crippen LogP contribution in [0.25, 0.3) is 10.4 Å². The minimum Gasteiger partial charge on any atom is -0.346 e. The zero-order chi connectivity index (χ0) is 10.9. The molecule has 6 nitrogen and oxygen atoms in total. The van der Waals surface area contributed by atoms with Gasteiger partial charge in [0.1, 0.15) is 6.10 Å². The van der Waals surface area contributed by atoms with Crippen molar-refractivity contribution in [2.24, 2.45) is 5.11 Å². The van der Waals surface area contributed by atoms with E-state index in [1.807, 2.05) is 13.8 Å². The topological polar surface area (TPSA) is 76.5 Å². The minimum absolute atomic E-state index is 0.0241. The Kier molecular flexibility index (Phi) is 2.84. The lowest BCUT2D eigenvalue weighted by atomic mass is 10.1. The molecule has 84 valence electrons. The van der Waals surface area contributed by atoms with Gasteiger partial charge in [-0.3, -0.25) is 0 Å². The molecule has 2 saturated heterocycles. The van der Waals surface area contributed by atoms with Crippen LogP contribution in [-0.2, 0) is 14.2 Å². The van der Waals surface area contributed by atoms with Crippen LogP contribution in [0, 0.1) is 0 Å². The molecule has 0 spiro atoms. The first-order chi connectivity index (χ1) is 7.11. The predicted molar refractivity (Wildman–Crippen MR) is 51.9 cm³/mol. The van der Waals surface area contributed by atoms with Gasteiger partial charge >= 0.3 is 0 Å². The Morgan fingerprint density at radius 2 is 2.27 bits per heavy atom. The van der Waals surface area contributed by atoms with E-state index in [0.717, 1.165) is 12.8 Å². The van der Waals surface area contributed by atoms with Gasteiger partial charge in [-0.15, -0.1) is 0 Å². The van der Waals surface area contributed by atoms with E-state index in [4.69, 9.17) is 19.7 Å². The summed E-state index contributed by atoms with van der Waals surface area (Å²) in [6.07, 6.45) is 1.40. The summed E-state index contributed by atoms with van der Waals surface area (Å²) in [7, 11) is 0. The molecule has 0 unspecified atom stereocenters. The van der Waals surface area contributed by atoms with Crippen LogP contribution in [0.3, 0.4) is 0 Å². The van der Waals surface area contributed by atoms with Gasteiger partial charge in [0.2, 0.25) is 0 Å². The lowest BCUT2D eigenvalue weighted by Gasteiger charge is -2.20. The molecule has 0 bridgehead atoms. The molecule has 2 aliphatic rings. The molecule has 0 N–H and O–H groups in total. The van der Waals surface area contributed by atoms with Crippen molar-refractivity contribution >= 4 is 0 Å². The molecule has 0 aliphatic carbocycles. The third-order valence-electron chi connectivity index (χ3n) is 2.57. The van der Waals surface area contributed by atoms with Crippen molar-refractivity contribution < 1.29 is 14.2 Å². The van der Waals surface area contributed by atoms with Gasteiger partial charge in [0, 0.05) is 17.9 Å². The first kappa shape index (κ1) is 10.7. The van der Waals surface area contributed by atoms with E-state index in [0.29, 0.717) is 6.54 Å². The van der Waals surface area contributed by atoms with Gasteiger partial charge in [-0.1, -0.05) is 5.11 Å². The van der Waals surface area contributed by atoms with Gasteiger partial charge < -0.3 is 14.2 Å². The minimum atomic E-state index is -0.537. The highest BCUT2D eigenvalue weighted by molar-refractivity contribution is 4.85. The highest BCUT2D eigenvalue weighted by Gasteiger charge is 2.48. The zero-order valence-electron chi connectivity index (χ0n) is 8.92. The van der Waals surface area contributed by atoms with Gasteiger partial charge in [-0.25, -0.2) is 0 Å². The monoisotopic (exact) mass is 213 g/mol. The van der Waals surface area contributed by atoms with Crippen molar-refractivity contribution in [1.82, 2.24) is 0 Å². The molecule has 0 aromatic carbocycles. The summed E-state index contributed by atoms with van der Waals surface area (Å²) in [5, 5.41) is 3.48. The Balaban J connectivity index is 1.81. The summed E-state index contributed by atoms with van der Waals surface area (Å²) >= 11 is 0. The fourth-order valence-electron chi connectivity index (χ4n) is 2.01. The summed E-state index contributed by atoms with van der Waals surface area (Å²) in [6, 6.07) is 0. The number of ether oxygens (including phenoxy) is 3. The largest absolute Gasteiger partial charge is 0.346 e. The molecule has 2 fully saturated rings. The Bertz CT molecular complexity index is 272. The Morgan fingerprint density at radius 1 is 1.47 bits per heavy atom. The highest BCUT2D eigenvalue weighted by Crippen LogP contribution is 2.37. The molecule has 2 heterocycles. The summed E-state index contributed by atoms with van der Waals surface area (Å²) in [5.41, 5.74) is 8.14. The van der Waals surface area contributed by atoms with E-state index in [1.54, 1.807) is 0 Å². The maximum absolute atomic E-state index is 8.14. The van der Waals surface area contributed by atoms with E-state index < -0.39 is 5.79 Å². The third kappa shape index (κ3) is 2.41. The Hall–Kier alpha value is -0.810. The third-order valence-corrected chi connectivity index (χ3v) is 2.57. The van der Waals surface area contributed by atoms with Crippen LogP contribution in [0.15, 0.2) is 5.11 Å². The van der Waals surface area contributed by atoms with Crippen molar-refractivity contribution in [3.63, 3.8) is 0 Å². The maximum Gasteiger partial charge on any atom is 0.187 e. The summed E-state index contributed by atoms with van der Waals surface area (Å²) in [6.45, 7) is 4.22. The SMILES string of the molecule is CC1(C)O[C@H]2O[C@@H](CCN=[N+]=[N-])C[C@H]2O1. The second-order valence-electron chi connectivity index (χ2n) is 4.28. The van der Waals surface area contributed by atoms with E-state index in [1.165, 1.54) is 0 Å². The van der Waals surface area contributed by atoms with Gasteiger partial charge in [0.25, 0.3) is 0 Å². The van der Waals surface area contributed by atoms with E-state index >= 15 is 0 Å². The van der Waals surface area contributed by atoms with Crippen LogP contribution < -0.4 is 0 Å². The smallest absolute Gasteiger partial charge is 0.187 e. The van der Waals surface area contributed by atoms with Gasteiger partial charge in [0.15, 0.2) is 12.1 Å². The zero-order valence-corrected chi connectivity index (χ0v) is 8.92. The van der Waals surface area contributed by atoms with Gasteiger partial charge in [-0.05, 0) is 25.8 Å². The molecule has 3 atom stereocenters. The van der Waals surface area contributed by atoms with Crippen LogP contribution in [0.1, 0.15) is 26.7 Å². The molecule has 15 heavy (non-hydrogen) atoms. The molecular weight excluding hydrogens is 198 g/mol. The maximum atomic E-state index is 8.14. The predicted octanol–water partition coefficient (Wildman–Crippen LogP) is 1.95. The number of azide groups is 1. The van der Waals surface area contributed by atoms with Crippen molar-refractivity contribution in [1.29, 1.82) is 0 Å². The number of hydrogen-bond acceptors (Lipinski definition) is 4. The molecule has 0 radical (unpaired) electrons. The van der Waals surface area contributed by atoms with Crippen LogP contribution >= 0.6 is 0 Å². The van der Waals surface area contributed by atoms with Gasteiger partial charge in [0.05, 0.1) is 6.10 Å². The molecule has 0 aromatic rings. The molecule has 0 amide bonds. The number of rotatable bonds is 3. The van der Waals surface area contributed by atoms with Crippen LogP contribution in [0.4, 0.5) is 0 Å². The van der Waals surface area contributed by atoms with E-state index in [-0.39, 0.29) is 18.5 Å². The standard InChI is InChI=1S/C9H15N3O3/c1-9(2)14-7-5-6(3-4-11-12-10)13-8(7)15-9/h6-8H,3-5H2,1-2H3/t6-,7+,8+/m0/s1. The first-order valence-corrected chi connectivity index (χ1v) is 5.13. The average molecular weight is 213 g/mol. The average Bonchev–Trinajstić information content (AvgIpc) is 2.58. The van der Waals surface area contributed by atoms with Crippen molar-refractivity contribution in [2.45, 2.75) is 51.0 Å².